The Balaban J connectivity index is 1.44. The number of halogens is 2. The molecule has 0 heterocycles. The van der Waals surface area contributed by atoms with Crippen molar-refractivity contribution in [3.63, 3.8) is 0 Å². The van der Waals surface area contributed by atoms with Crippen molar-refractivity contribution in [2.45, 2.75) is 32.1 Å². The average molecular weight is 438 g/mol. The van der Waals surface area contributed by atoms with E-state index in [0.29, 0.717) is 17.5 Å². The van der Waals surface area contributed by atoms with E-state index in [1.165, 1.54) is 17.7 Å². The van der Waals surface area contributed by atoms with Gasteiger partial charge >= 0.3 is 0 Å². The quantitative estimate of drug-likeness (QED) is 0.291. The van der Waals surface area contributed by atoms with Gasteiger partial charge in [-0.3, -0.25) is 0 Å². The normalized spacial score (nSPS) is 11.7. The zero-order chi connectivity index (χ0) is 23.2. The van der Waals surface area contributed by atoms with E-state index in [9.17, 15) is 8.78 Å². The van der Waals surface area contributed by atoms with Crippen LogP contribution in [0.1, 0.15) is 40.7 Å². The first-order valence-corrected chi connectivity index (χ1v) is 11.1. The molecule has 3 heteroatoms. The Bertz CT molecular complexity index is 1230. The van der Waals surface area contributed by atoms with Crippen molar-refractivity contribution in [3.05, 3.63) is 130 Å². The molecule has 33 heavy (non-hydrogen) atoms. The van der Waals surface area contributed by atoms with Crippen LogP contribution in [-0.2, 0) is 19.3 Å². The number of nitrogens with zero attached hydrogens (tertiary/aromatic N) is 1. The molecule has 0 aromatic heterocycles. The molecule has 4 rings (SSSR count). The number of benzene rings is 4. The third kappa shape index (κ3) is 5.54. The number of nitriles is 1. The Hall–Kier alpha value is -3.77. The zero-order valence-corrected chi connectivity index (χ0v) is 18.6. The summed E-state index contributed by atoms with van der Waals surface area (Å²) in [7, 11) is 0. The lowest BCUT2D eigenvalue weighted by atomic mass is 9.92. The van der Waals surface area contributed by atoms with Crippen LogP contribution in [0.25, 0.3) is 11.1 Å². The minimum absolute atomic E-state index is 0.0245. The van der Waals surface area contributed by atoms with Gasteiger partial charge in [-0.1, -0.05) is 73.7 Å². The van der Waals surface area contributed by atoms with Gasteiger partial charge < -0.3 is 0 Å². The molecule has 0 spiro atoms. The van der Waals surface area contributed by atoms with Crippen molar-refractivity contribution in [2.24, 2.45) is 0 Å². The van der Waals surface area contributed by atoms with Gasteiger partial charge in [0, 0.05) is 5.56 Å². The number of aryl methyl sites for hydroxylation is 2. The molecule has 0 bridgehead atoms. The predicted octanol–water partition coefficient (Wildman–Crippen LogP) is 7.63. The summed E-state index contributed by atoms with van der Waals surface area (Å²) >= 11 is 0. The van der Waals surface area contributed by atoms with Crippen molar-refractivity contribution in [1.29, 1.82) is 5.26 Å². The molecule has 0 fully saturated rings. The lowest BCUT2D eigenvalue weighted by Crippen LogP contribution is -2.04. The number of rotatable bonds is 7. The van der Waals surface area contributed by atoms with Crippen LogP contribution in [0.5, 0.6) is 0 Å². The maximum atomic E-state index is 14.9. The van der Waals surface area contributed by atoms with Gasteiger partial charge in [0.05, 0.1) is 11.6 Å². The fourth-order valence-electron chi connectivity index (χ4n) is 4.07. The van der Waals surface area contributed by atoms with Crippen molar-refractivity contribution in [1.82, 2.24) is 0 Å². The molecule has 1 nitrogen and oxygen atoms in total. The summed E-state index contributed by atoms with van der Waals surface area (Å²) in [5.41, 5.74) is 5.51. The van der Waals surface area contributed by atoms with Crippen LogP contribution in [-0.4, -0.2) is 0 Å². The van der Waals surface area contributed by atoms with Crippen molar-refractivity contribution < 1.29 is 8.78 Å². The highest BCUT2D eigenvalue weighted by Gasteiger charge is 2.16. The molecule has 0 unspecified atom stereocenters. The van der Waals surface area contributed by atoms with Gasteiger partial charge in [-0.05, 0) is 77.3 Å². The average Bonchev–Trinajstić information content (AvgIpc) is 2.86. The van der Waals surface area contributed by atoms with Gasteiger partial charge in [-0.2, -0.15) is 5.26 Å². The van der Waals surface area contributed by atoms with Gasteiger partial charge in [0.1, 0.15) is 11.6 Å². The van der Waals surface area contributed by atoms with Gasteiger partial charge in [-0.25, -0.2) is 8.78 Å². The van der Waals surface area contributed by atoms with Crippen LogP contribution in [0.2, 0.25) is 0 Å². The van der Waals surface area contributed by atoms with Gasteiger partial charge in [0.15, 0.2) is 0 Å². The van der Waals surface area contributed by atoms with E-state index in [2.05, 4.69) is 6.07 Å². The maximum Gasteiger partial charge on any atom is 0.129 e. The monoisotopic (exact) mass is 437 g/mol. The smallest absolute Gasteiger partial charge is 0.129 e. The highest BCUT2D eigenvalue weighted by atomic mass is 19.1. The summed E-state index contributed by atoms with van der Waals surface area (Å²) in [4.78, 5) is 0. The summed E-state index contributed by atoms with van der Waals surface area (Å²) < 4.78 is 29.7. The Kier molecular flexibility index (Phi) is 6.95. The SMILES string of the molecule is C[C@@H](Cc1c(F)cc(-c2ccc(CCc3ccc(C#N)cc3)cc2)cc1F)c1ccccc1. The van der Waals surface area contributed by atoms with E-state index < -0.39 is 11.6 Å². The van der Waals surface area contributed by atoms with E-state index in [4.69, 9.17) is 5.26 Å². The Morgan fingerprint density at radius 2 is 1.27 bits per heavy atom. The van der Waals surface area contributed by atoms with Crippen LogP contribution >= 0.6 is 0 Å². The van der Waals surface area contributed by atoms with Crippen LogP contribution in [0, 0.1) is 23.0 Å². The lowest BCUT2D eigenvalue weighted by molar-refractivity contribution is 0.544. The molecule has 0 saturated carbocycles. The predicted molar refractivity (Wildman–Crippen MR) is 129 cm³/mol. The van der Waals surface area contributed by atoms with E-state index in [1.807, 2.05) is 85.8 Å². The molecule has 0 saturated heterocycles. The van der Waals surface area contributed by atoms with Crippen LogP contribution in [0.4, 0.5) is 8.78 Å². The summed E-state index contributed by atoms with van der Waals surface area (Å²) in [6.07, 6.45) is 2.03. The standard InChI is InChI=1S/C30H25F2N/c1-21(25-5-3-2-4-6-25)17-28-29(31)18-27(19-30(28)32)26-15-13-23(14-16-26)8-7-22-9-11-24(20-33)12-10-22/h2-6,9-16,18-19,21H,7-8,17H2,1H3/t21-/m0/s1. The molecule has 0 radical (unpaired) electrons. The molecule has 0 aliphatic carbocycles. The second kappa shape index (κ2) is 10.2. The summed E-state index contributed by atoms with van der Waals surface area (Å²) in [6, 6.07) is 30.2. The molecule has 164 valence electrons. The van der Waals surface area contributed by atoms with E-state index in [1.54, 1.807) is 0 Å². The largest absolute Gasteiger partial charge is 0.207 e. The molecule has 0 aliphatic heterocycles. The fraction of sp³-hybridized carbons (Fsp3) is 0.167. The van der Waals surface area contributed by atoms with Crippen molar-refractivity contribution in [3.8, 4) is 17.2 Å². The highest BCUT2D eigenvalue weighted by molar-refractivity contribution is 5.64. The van der Waals surface area contributed by atoms with E-state index in [0.717, 1.165) is 29.5 Å². The van der Waals surface area contributed by atoms with Gasteiger partial charge in [0.25, 0.3) is 0 Å². The lowest BCUT2D eigenvalue weighted by Gasteiger charge is -2.14. The van der Waals surface area contributed by atoms with E-state index in [-0.39, 0.29) is 11.5 Å². The summed E-state index contributed by atoms with van der Waals surface area (Å²) in [6.45, 7) is 1.98. The Labute approximate surface area is 194 Å². The maximum absolute atomic E-state index is 14.9. The molecule has 0 amide bonds. The zero-order valence-electron chi connectivity index (χ0n) is 18.6. The molecule has 4 aromatic rings. The van der Waals surface area contributed by atoms with Crippen molar-refractivity contribution in [2.75, 3.05) is 0 Å². The molecule has 4 aromatic carbocycles. The van der Waals surface area contributed by atoms with Crippen LogP contribution < -0.4 is 0 Å². The van der Waals surface area contributed by atoms with E-state index >= 15 is 0 Å². The first-order valence-electron chi connectivity index (χ1n) is 11.1. The minimum Gasteiger partial charge on any atom is -0.207 e. The molecule has 0 N–H and O–H groups in total. The van der Waals surface area contributed by atoms with Crippen LogP contribution in [0.3, 0.4) is 0 Å². The van der Waals surface area contributed by atoms with Crippen molar-refractivity contribution >= 4 is 0 Å². The fourth-order valence-corrected chi connectivity index (χ4v) is 4.07. The topological polar surface area (TPSA) is 23.8 Å². The third-order valence-corrected chi connectivity index (χ3v) is 6.09. The molecule has 1 atom stereocenters. The summed E-state index contributed by atoms with van der Waals surface area (Å²) in [5.74, 6) is -0.980. The van der Waals surface area contributed by atoms with Gasteiger partial charge in [-0.15, -0.1) is 0 Å². The summed E-state index contributed by atoms with van der Waals surface area (Å²) in [5, 5.41) is 8.89. The minimum atomic E-state index is -0.502. The second-order valence-corrected chi connectivity index (χ2v) is 8.44. The van der Waals surface area contributed by atoms with Crippen LogP contribution in [0.15, 0.2) is 91.0 Å². The molecular formula is C30H25F2N. The third-order valence-electron chi connectivity index (χ3n) is 6.09. The molecule has 0 aliphatic rings. The Morgan fingerprint density at radius 3 is 1.82 bits per heavy atom. The first kappa shape index (κ1) is 22.4. The Morgan fingerprint density at radius 1 is 0.727 bits per heavy atom. The number of hydrogen-bond acceptors (Lipinski definition) is 1. The molecular weight excluding hydrogens is 412 g/mol. The second-order valence-electron chi connectivity index (χ2n) is 8.44. The highest BCUT2D eigenvalue weighted by Crippen LogP contribution is 2.29. The first-order chi connectivity index (χ1) is 16.0. The number of hydrogen-bond donors (Lipinski definition) is 0. The van der Waals surface area contributed by atoms with Gasteiger partial charge in [0.2, 0.25) is 0 Å².